The smallest absolute Gasteiger partial charge is 0.0541 e. The van der Waals surface area contributed by atoms with Crippen LogP contribution in [-0.2, 0) is 0 Å². The van der Waals surface area contributed by atoms with Gasteiger partial charge in [0.1, 0.15) is 0 Å². The molecule has 0 N–H and O–H groups in total. The van der Waals surface area contributed by atoms with Gasteiger partial charge in [-0.2, -0.15) is 0 Å². The number of nitrogens with zero attached hydrogens (tertiary/aromatic N) is 2. The fourth-order valence-corrected chi connectivity index (χ4v) is 11.8. The topological polar surface area (TPSA) is 9.86 Å². The maximum absolute atomic E-state index is 2.44. The van der Waals surface area contributed by atoms with Crippen LogP contribution in [0, 0.1) is 0 Å². The van der Waals surface area contributed by atoms with E-state index in [-0.39, 0.29) is 0 Å². The largest absolute Gasteiger partial charge is 0.309 e. The lowest BCUT2D eigenvalue weighted by atomic mass is 9.95. The third kappa shape index (κ3) is 5.87. The molecule has 2 aromatic heterocycles. The summed E-state index contributed by atoms with van der Waals surface area (Å²) in [6.45, 7) is 0. The fraction of sp³-hybridized carbons (Fsp3) is 0. The second kappa shape index (κ2) is 15.1. The Bertz CT molecular complexity index is 4440. The number of rotatable bonds is 6. The summed E-state index contributed by atoms with van der Waals surface area (Å²) in [6, 6.07) is 94.2. The highest BCUT2D eigenvalue weighted by atomic mass is 15.0. The van der Waals surface area contributed by atoms with Crippen molar-refractivity contribution in [1.29, 1.82) is 0 Å². The van der Waals surface area contributed by atoms with Crippen molar-refractivity contribution < 1.29 is 0 Å². The van der Waals surface area contributed by atoms with Crippen molar-refractivity contribution in [1.82, 2.24) is 9.13 Å². The highest BCUT2D eigenvalue weighted by Crippen LogP contribution is 2.50. The van der Waals surface area contributed by atoms with Crippen molar-refractivity contribution in [3.63, 3.8) is 0 Å². The molecule has 0 saturated carbocycles. The van der Waals surface area contributed by atoms with E-state index in [4.69, 9.17) is 0 Å². The fourth-order valence-electron chi connectivity index (χ4n) is 11.8. The van der Waals surface area contributed by atoms with E-state index in [1.165, 1.54) is 132 Å². The second-order valence-electron chi connectivity index (χ2n) is 18.8. The van der Waals surface area contributed by atoms with Gasteiger partial charge >= 0.3 is 0 Å². The van der Waals surface area contributed by atoms with Crippen LogP contribution < -0.4 is 0 Å². The zero-order valence-electron chi connectivity index (χ0n) is 38.1. The molecule has 2 heterocycles. The average Bonchev–Trinajstić information content (AvgIpc) is 4.06. The van der Waals surface area contributed by atoms with Crippen LogP contribution in [0.3, 0.4) is 0 Å². The van der Waals surface area contributed by atoms with Gasteiger partial charge in [-0.1, -0.05) is 182 Å². The molecule has 324 valence electrons. The zero-order valence-corrected chi connectivity index (χ0v) is 38.1. The SMILES string of the molecule is c1ccc(-c2ccc(-c3ccc(-n4c5ccccc5c5cc(-c6ccc7c(c6)c6ccccc6n7-c6cccc(-c7ccc8c(c7)-c7cc9ccccc9c9cccc-8c79)c6)ccc54)cc3)cc2)cc1. The third-order valence-corrected chi connectivity index (χ3v) is 15.1. The number of para-hydroxylation sites is 2. The molecule has 0 unspecified atom stereocenters. The van der Waals surface area contributed by atoms with Crippen LogP contribution in [0.2, 0.25) is 0 Å². The lowest BCUT2D eigenvalue weighted by Crippen LogP contribution is -1.94. The first-order valence-corrected chi connectivity index (χ1v) is 24.2. The standard InChI is InChI=1S/C68H42N2/c1-2-12-43(13-3-1)44-24-26-45(27-25-44)46-28-33-52(34-29-46)69-64-22-8-6-18-56(64)61-40-49(31-36-66(61)69)50-32-37-67-62(41-50)57-19-7-9-23-65(57)70(67)53-16-10-15-47(38-53)48-30-35-55-59-21-11-20-58-54-17-5-4-14-51(54)42-63(68(58)59)60(55)39-48/h1-42H. The van der Waals surface area contributed by atoms with Crippen molar-refractivity contribution in [2.75, 3.05) is 0 Å². The summed E-state index contributed by atoms with van der Waals surface area (Å²) in [6.07, 6.45) is 0. The first-order valence-electron chi connectivity index (χ1n) is 24.2. The Morgan fingerprint density at radius 3 is 1.36 bits per heavy atom. The van der Waals surface area contributed by atoms with Gasteiger partial charge in [0.15, 0.2) is 0 Å². The number of fused-ring (bicyclic) bond motifs is 11. The van der Waals surface area contributed by atoms with Crippen LogP contribution in [0.4, 0.5) is 0 Å². The molecule has 1 aliphatic rings. The molecule has 0 radical (unpaired) electrons. The minimum atomic E-state index is 1.15. The molecule has 12 aromatic carbocycles. The van der Waals surface area contributed by atoms with E-state index in [2.05, 4.69) is 264 Å². The van der Waals surface area contributed by atoms with Gasteiger partial charge in [-0.15, -0.1) is 0 Å². The normalized spacial score (nSPS) is 12.0. The zero-order chi connectivity index (χ0) is 45.9. The number of benzene rings is 12. The van der Waals surface area contributed by atoms with Gasteiger partial charge in [0, 0.05) is 32.9 Å². The van der Waals surface area contributed by atoms with Crippen molar-refractivity contribution in [3.8, 4) is 78.1 Å². The molecule has 0 bridgehead atoms. The van der Waals surface area contributed by atoms with Gasteiger partial charge in [0.2, 0.25) is 0 Å². The summed E-state index contributed by atoms with van der Waals surface area (Å²) in [4.78, 5) is 0. The van der Waals surface area contributed by atoms with E-state index < -0.39 is 0 Å². The molecular weight excluding hydrogens is 845 g/mol. The highest BCUT2D eigenvalue weighted by Gasteiger charge is 2.24. The van der Waals surface area contributed by atoms with E-state index in [0.29, 0.717) is 0 Å². The summed E-state index contributed by atoms with van der Waals surface area (Å²) in [5, 5.41) is 10.3. The molecule has 0 aliphatic heterocycles. The Kier molecular flexibility index (Phi) is 8.39. The van der Waals surface area contributed by atoms with Gasteiger partial charge < -0.3 is 9.13 Å². The minimum Gasteiger partial charge on any atom is -0.309 e. The molecule has 0 saturated heterocycles. The van der Waals surface area contributed by atoms with Gasteiger partial charge in [0.25, 0.3) is 0 Å². The molecular formula is C68H42N2. The lowest BCUT2D eigenvalue weighted by Gasteiger charge is -2.12. The molecule has 2 heteroatoms. The summed E-state index contributed by atoms with van der Waals surface area (Å²) in [7, 11) is 0. The molecule has 0 atom stereocenters. The number of hydrogen-bond donors (Lipinski definition) is 0. The molecule has 0 amide bonds. The van der Waals surface area contributed by atoms with Crippen molar-refractivity contribution in [3.05, 3.63) is 255 Å². The van der Waals surface area contributed by atoms with Crippen LogP contribution >= 0.6 is 0 Å². The minimum absolute atomic E-state index is 1.15. The van der Waals surface area contributed by atoms with E-state index in [1.807, 2.05) is 0 Å². The highest BCUT2D eigenvalue weighted by molar-refractivity contribution is 6.23. The Morgan fingerprint density at radius 2 is 0.671 bits per heavy atom. The monoisotopic (exact) mass is 886 g/mol. The molecule has 1 aliphatic carbocycles. The Morgan fingerprint density at radius 1 is 0.200 bits per heavy atom. The van der Waals surface area contributed by atoms with Gasteiger partial charge in [0.05, 0.1) is 22.1 Å². The first-order chi connectivity index (χ1) is 34.7. The predicted molar refractivity (Wildman–Crippen MR) is 296 cm³/mol. The maximum atomic E-state index is 2.44. The average molecular weight is 887 g/mol. The second-order valence-corrected chi connectivity index (χ2v) is 18.8. The van der Waals surface area contributed by atoms with Crippen LogP contribution in [0.15, 0.2) is 255 Å². The third-order valence-electron chi connectivity index (χ3n) is 15.1. The molecule has 70 heavy (non-hydrogen) atoms. The Balaban J connectivity index is 0.789. The number of aromatic nitrogens is 2. The Labute approximate surface area is 405 Å². The van der Waals surface area contributed by atoms with Gasteiger partial charge in [-0.3, -0.25) is 0 Å². The molecule has 0 fully saturated rings. The van der Waals surface area contributed by atoms with Gasteiger partial charge in [-0.05, 0) is 161 Å². The lowest BCUT2D eigenvalue weighted by molar-refractivity contribution is 1.18. The van der Waals surface area contributed by atoms with Crippen molar-refractivity contribution >= 4 is 65.2 Å². The van der Waals surface area contributed by atoms with Crippen LogP contribution in [0.25, 0.3) is 143 Å². The quantitative estimate of drug-likeness (QED) is 0.147. The maximum Gasteiger partial charge on any atom is 0.0541 e. The summed E-state index contributed by atoms with van der Waals surface area (Å²) in [5.41, 5.74) is 22.1. The molecule has 2 nitrogen and oxygen atoms in total. The van der Waals surface area contributed by atoms with Crippen molar-refractivity contribution in [2.24, 2.45) is 0 Å². The predicted octanol–water partition coefficient (Wildman–Crippen LogP) is 18.5. The van der Waals surface area contributed by atoms with Gasteiger partial charge in [-0.25, -0.2) is 0 Å². The summed E-state index contributed by atoms with van der Waals surface area (Å²) in [5.74, 6) is 0. The van der Waals surface area contributed by atoms with E-state index in [0.717, 1.165) is 11.4 Å². The Hall–Kier alpha value is -9.24. The first kappa shape index (κ1) is 38.8. The van der Waals surface area contributed by atoms with E-state index >= 15 is 0 Å². The molecule has 14 aromatic rings. The molecule has 0 spiro atoms. The van der Waals surface area contributed by atoms with Crippen LogP contribution in [0.5, 0.6) is 0 Å². The molecule has 15 rings (SSSR count). The van der Waals surface area contributed by atoms with Crippen LogP contribution in [0.1, 0.15) is 0 Å². The summed E-state index contributed by atoms with van der Waals surface area (Å²) < 4.78 is 4.85. The van der Waals surface area contributed by atoms with Crippen LogP contribution in [-0.4, -0.2) is 9.13 Å². The van der Waals surface area contributed by atoms with E-state index in [9.17, 15) is 0 Å². The van der Waals surface area contributed by atoms with E-state index in [1.54, 1.807) is 0 Å². The number of hydrogen-bond acceptors (Lipinski definition) is 0. The van der Waals surface area contributed by atoms with Crippen molar-refractivity contribution in [2.45, 2.75) is 0 Å². The summed E-state index contributed by atoms with van der Waals surface area (Å²) >= 11 is 0.